The van der Waals surface area contributed by atoms with Gasteiger partial charge in [0.15, 0.2) is 0 Å². The highest BCUT2D eigenvalue weighted by atomic mass is 16.1. The van der Waals surface area contributed by atoms with E-state index in [1.165, 1.54) is 11.1 Å². The molecule has 1 aromatic rings. The van der Waals surface area contributed by atoms with Crippen molar-refractivity contribution < 1.29 is 4.79 Å². The first kappa shape index (κ1) is 10.9. The molecule has 2 heteroatoms. The van der Waals surface area contributed by atoms with Crippen LogP contribution in [0.5, 0.6) is 0 Å². The van der Waals surface area contributed by atoms with Crippen LogP contribution < -0.4 is 5.73 Å². The molecule has 0 spiro atoms. The van der Waals surface area contributed by atoms with Gasteiger partial charge in [0.25, 0.3) is 0 Å². The lowest BCUT2D eigenvalue weighted by Gasteiger charge is -2.13. The second kappa shape index (κ2) is 4.91. The number of hydrogen-bond acceptors (Lipinski definition) is 2. The van der Waals surface area contributed by atoms with Crippen LogP contribution in [-0.4, -0.2) is 12.3 Å². The average Bonchev–Trinajstić information content (AvgIpc) is 2.14. The van der Waals surface area contributed by atoms with Crippen molar-refractivity contribution in [3.8, 4) is 0 Å². The van der Waals surface area contributed by atoms with Crippen LogP contribution in [0.25, 0.3) is 0 Å². The third kappa shape index (κ3) is 2.96. The van der Waals surface area contributed by atoms with Crippen LogP contribution in [-0.2, 0) is 4.79 Å². The molecule has 0 saturated heterocycles. The van der Waals surface area contributed by atoms with Crippen molar-refractivity contribution in [2.24, 2.45) is 5.73 Å². The molecule has 0 aliphatic rings. The van der Waals surface area contributed by atoms with Crippen LogP contribution in [0.15, 0.2) is 24.3 Å². The van der Waals surface area contributed by atoms with E-state index in [0.29, 0.717) is 13.0 Å². The van der Waals surface area contributed by atoms with Crippen LogP contribution in [0.4, 0.5) is 0 Å². The highest BCUT2D eigenvalue weighted by Crippen LogP contribution is 2.19. The van der Waals surface area contributed by atoms with E-state index < -0.39 is 0 Å². The lowest BCUT2D eigenvalue weighted by atomic mass is 9.93. The Morgan fingerprint density at radius 2 is 2.21 bits per heavy atom. The van der Waals surface area contributed by atoms with Gasteiger partial charge >= 0.3 is 0 Å². The van der Waals surface area contributed by atoms with Gasteiger partial charge in [0.05, 0.1) is 0 Å². The first-order valence-electron chi connectivity index (χ1n) is 4.89. The molecule has 0 unspecified atom stereocenters. The highest BCUT2D eigenvalue weighted by Gasteiger charge is 2.11. The predicted octanol–water partition coefficient (Wildman–Crippen LogP) is 2.02. The molecule has 0 saturated carbocycles. The molecule has 0 aliphatic heterocycles. The molecule has 14 heavy (non-hydrogen) atoms. The number of carbonyl (C=O) groups is 1. The Bertz CT molecular complexity index is 320. The minimum absolute atomic E-state index is 0.174. The molecule has 0 bridgehead atoms. The number of hydrogen-bond donors (Lipinski definition) is 1. The van der Waals surface area contributed by atoms with Crippen LogP contribution in [0.2, 0.25) is 0 Å². The Kier molecular flexibility index (Phi) is 3.84. The SMILES string of the molecule is CC(=O)C[C@@H](CN)c1cccc(C)c1. The summed E-state index contributed by atoms with van der Waals surface area (Å²) in [6, 6.07) is 8.19. The summed E-state index contributed by atoms with van der Waals surface area (Å²) in [5.74, 6) is 0.370. The number of Topliss-reactive ketones (excluding diaryl/α,β-unsaturated/α-hetero) is 1. The van der Waals surface area contributed by atoms with Gasteiger partial charge in [-0.25, -0.2) is 0 Å². The topological polar surface area (TPSA) is 43.1 Å². The van der Waals surface area contributed by atoms with Gasteiger partial charge < -0.3 is 10.5 Å². The fraction of sp³-hybridized carbons (Fsp3) is 0.417. The fourth-order valence-corrected chi connectivity index (χ4v) is 1.61. The van der Waals surface area contributed by atoms with Gasteiger partial charge in [0.1, 0.15) is 5.78 Å². The van der Waals surface area contributed by atoms with Crippen molar-refractivity contribution in [2.45, 2.75) is 26.2 Å². The Morgan fingerprint density at radius 1 is 1.50 bits per heavy atom. The molecule has 0 aliphatic carbocycles. The molecule has 0 heterocycles. The van der Waals surface area contributed by atoms with Crippen molar-refractivity contribution in [2.75, 3.05) is 6.54 Å². The lowest BCUT2D eigenvalue weighted by Crippen LogP contribution is -2.15. The van der Waals surface area contributed by atoms with E-state index in [4.69, 9.17) is 5.73 Å². The monoisotopic (exact) mass is 191 g/mol. The van der Waals surface area contributed by atoms with E-state index in [1.807, 2.05) is 25.1 Å². The first-order valence-corrected chi connectivity index (χ1v) is 4.89. The Hall–Kier alpha value is -1.15. The van der Waals surface area contributed by atoms with Gasteiger partial charge in [-0.2, -0.15) is 0 Å². The second-order valence-corrected chi connectivity index (χ2v) is 3.75. The zero-order valence-corrected chi connectivity index (χ0v) is 8.79. The van der Waals surface area contributed by atoms with Crippen molar-refractivity contribution in [1.82, 2.24) is 0 Å². The molecule has 0 aromatic heterocycles. The number of ketones is 1. The summed E-state index contributed by atoms with van der Waals surface area (Å²) >= 11 is 0. The molecule has 2 nitrogen and oxygen atoms in total. The van der Waals surface area contributed by atoms with E-state index in [-0.39, 0.29) is 11.7 Å². The molecular formula is C12H17NO. The number of benzene rings is 1. The van der Waals surface area contributed by atoms with Gasteiger partial charge in [-0.3, -0.25) is 0 Å². The zero-order valence-electron chi connectivity index (χ0n) is 8.79. The quantitative estimate of drug-likeness (QED) is 0.791. The fourth-order valence-electron chi connectivity index (χ4n) is 1.61. The van der Waals surface area contributed by atoms with Crippen molar-refractivity contribution >= 4 is 5.78 Å². The van der Waals surface area contributed by atoms with Crippen molar-refractivity contribution in [1.29, 1.82) is 0 Å². The maximum atomic E-state index is 11.0. The summed E-state index contributed by atoms with van der Waals surface area (Å²) in [7, 11) is 0. The standard InChI is InChI=1S/C12H17NO/c1-9-4-3-5-11(6-9)12(8-13)7-10(2)14/h3-6,12H,7-8,13H2,1-2H3/t12-/m0/s1. The van der Waals surface area contributed by atoms with Gasteiger partial charge in [-0.05, 0) is 26.0 Å². The van der Waals surface area contributed by atoms with Crippen LogP contribution in [0, 0.1) is 6.92 Å². The Morgan fingerprint density at radius 3 is 2.71 bits per heavy atom. The van der Waals surface area contributed by atoms with Crippen molar-refractivity contribution in [3.63, 3.8) is 0 Å². The summed E-state index contributed by atoms with van der Waals surface area (Å²) in [6.45, 7) is 4.19. The Balaban J connectivity index is 2.83. The van der Waals surface area contributed by atoms with E-state index >= 15 is 0 Å². The maximum Gasteiger partial charge on any atom is 0.130 e. The third-order valence-electron chi connectivity index (χ3n) is 2.33. The summed E-state index contributed by atoms with van der Waals surface area (Å²) < 4.78 is 0. The largest absolute Gasteiger partial charge is 0.330 e. The number of aryl methyl sites for hydroxylation is 1. The minimum Gasteiger partial charge on any atom is -0.330 e. The van der Waals surface area contributed by atoms with Crippen molar-refractivity contribution in [3.05, 3.63) is 35.4 Å². The molecule has 2 N–H and O–H groups in total. The lowest BCUT2D eigenvalue weighted by molar-refractivity contribution is -0.117. The van der Waals surface area contributed by atoms with Gasteiger partial charge in [-0.1, -0.05) is 29.8 Å². The summed E-state index contributed by atoms with van der Waals surface area (Å²) in [5.41, 5.74) is 8.03. The minimum atomic E-state index is 0.174. The number of rotatable bonds is 4. The van der Waals surface area contributed by atoms with E-state index in [0.717, 1.165) is 0 Å². The molecular weight excluding hydrogens is 174 g/mol. The smallest absolute Gasteiger partial charge is 0.130 e. The van der Waals surface area contributed by atoms with Crippen LogP contribution >= 0.6 is 0 Å². The number of nitrogens with two attached hydrogens (primary N) is 1. The average molecular weight is 191 g/mol. The van der Waals surface area contributed by atoms with Crippen LogP contribution in [0.3, 0.4) is 0 Å². The van der Waals surface area contributed by atoms with Gasteiger partial charge in [0, 0.05) is 12.3 Å². The molecule has 76 valence electrons. The summed E-state index contributed by atoms with van der Waals surface area (Å²) in [4.78, 5) is 11.0. The predicted molar refractivity (Wildman–Crippen MR) is 58.3 cm³/mol. The molecule has 1 aromatic carbocycles. The molecule has 0 fully saturated rings. The van der Waals surface area contributed by atoms with E-state index in [1.54, 1.807) is 6.92 Å². The molecule has 1 atom stereocenters. The zero-order chi connectivity index (χ0) is 10.6. The highest BCUT2D eigenvalue weighted by molar-refractivity contribution is 5.76. The Labute approximate surface area is 85.1 Å². The summed E-state index contributed by atoms with van der Waals surface area (Å²) in [6.07, 6.45) is 0.542. The second-order valence-electron chi connectivity index (χ2n) is 3.75. The van der Waals surface area contributed by atoms with Gasteiger partial charge in [0.2, 0.25) is 0 Å². The molecule has 0 amide bonds. The van der Waals surface area contributed by atoms with Gasteiger partial charge in [-0.15, -0.1) is 0 Å². The van der Waals surface area contributed by atoms with E-state index in [9.17, 15) is 4.79 Å². The van der Waals surface area contributed by atoms with E-state index in [2.05, 4.69) is 6.07 Å². The normalized spacial score (nSPS) is 12.5. The summed E-state index contributed by atoms with van der Waals surface area (Å²) in [5, 5.41) is 0. The number of carbonyl (C=O) groups excluding carboxylic acids is 1. The first-order chi connectivity index (χ1) is 6.63. The van der Waals surface area contributed by atoms with Crippen LogP contribution in [0.1, 0.15) is 30.4 Å². The maximum absolute atomic E-state index is 11.0. The molecule has 0 radical (unpaired) electrons. The third-order valence-corrected chi connectivity index (χ3v) is 2.33. The molecule has 1 rings (SSSR count).